The summed E-state index contributed by atoms with van der Waals surface area (Å²) in [6.45, 7) is 2.71. The molecule has 0 aromatic heterocycles. The Morgan fingerprint density at radius 2 is 1.78 bits per heavy atom. The van der Waals surface area contributed by atoms with E-state index in [4.69, 9.17) is 0 Å². The van der Waals surface area contributed by atoms with Crippen molar-refractivity contribution >= 4 is 30.7 Å². The maximum atomic E-state index is 12.1. The summed E-state index contributed by atoms with van der Waals surface area (Å²) in [5.74, 6) is 0.103. The second-order valence-electron chi connectivity index (χ2n) is 3.93. The molecule has 1 fully saturated rings. The second-order valence-corrected chi connectivity index (χ2v) is 3.93. The molecular weight excluding hydrogens is 287 g/mol. The van der Waals surface area contributed by atoms with Gasteiger partial charge in [-0.2, -0.15) is 0 Å². The normalized spacial score (nSPS) is 16.1. The van der Waals surface area contributed by atoms with Crippen LogP contribution in [0.2, 0.25) is 0 Å². The Morgan fingerprint density at radius 3 is 2.22 bits per heavy atom. The molecule has 1 aliphatic rings. The lowest BCUT2D eigenvalue weighted by molar-refractivity contribution is -0.133. The number of piperazine rings is 1. The lowest BCUT2D eigenvalue weighted by atomic mass is 10.2. The molecule has 0 aromatic carbocycles. The first-order chi connectivity index (χ1) is 7.63. The fourth-order valence-corrected chi connectivity index (χ4v) is 1.77. The first-order valence-electron chi connectivity index (χ1n) is 5.56. The molecule has 0 unspecified atom stereocenters. The van der Waals surface area contributed by atoms with Crippen LogP contribution >= 0.6 is 24.8 Å². The van der Waals surface area contributed by atoms with E-state index < -0.39 is 6.43 Å². The SMILES string of the molecule is CNCCC(=O)N1CCN(CC(F)F)CC1.Cl.Cl. The van der Waals surface area contributed by atoms with E-state index in [0.29, 0.717) is 39.1 Å². The molecule has 4 nitrogen and oxygen atoms in total. The van der Waals surface area contributed by atoms with Gasteiger partial charge in [-0.15, -0.1) is 24.8 Å². The lowest BCUT2D eigenvalue weighted by Crippen LogP contribution is -2.50. The number of alkyl halides is 2. The highest BCUT2D eigenvalue weighted by atomic mass is 35.5. The number of halogens is 4. The molecule has 0 spiro atoms. The number of carbonyl (C=O) groups excluding carboxylic acids is 1. The van der Waals surface area contributed by atoms with Gasteiger partial charge in [-0.3, -0.25) is 9.69 Å². The molecule has 1 amide bonds. The fraction of sp³-hybridized carbons (Fsp3) is 0.900. The van der Waals surface area contributed by atoms with Crippen molar-refractivity contribution < 1.29 is 13.6 Å². The standard InChI is InChI=1S/C10H19F2N3O.2ClH/c1-13-3-2-10(16)15-6-4-14(5-7-15)8-9(11)12;;/h9,13H,2-8H2,1H3;2*1H. The number of nitrogens with zero attached hydrogens (tertiary/aromatic N) is 2. The third kappa shape index (κ3) is 7.31. The maximum absolute atomic E-state index is 12.1. The maximum Gasteiger partial charge on any atom is 0.251 e. The molecule has 1 aliphatic heterocycles. The molecule has 0 aromatic rings. The summed E-state index contributed by atoms with van der Waals surface area (Å²) in [6, 6.07) is 0. The molecule has 1 rings (SSSR count). The van der Waals surface area contributed by atoms with Crippen molar-refractivity contribution in [3.05, 3.63) is 0 Å². The van der Waals surface area contributed by atoms with Crippen LogP contribution in [0.4, 0.5) is 8.78 Å². The van der Waals surface area contributed by atoms with Crippen LogP contribution in [0.25, 0.3) is 0 Å². The van der Waals surface area contributed by atoms with Crippen LogP contribution in [0, 0.1) is 0 Å². The Morgan fingerprint density at radius 1 is 1.22 bits per heavy atom. The van der Waals surface area contributed by atoms with E-state index in [0.717, 1.165) is 0 Å². The van der Waals surface area contributed by atoms with Crippen LogP contribution in [0.15, 0.2) is 0 Å². The number of carbonyl (C=O) groups is 1. The highest BCUT2D eigenvalue weighted by Gasteiger charge is 2.22. The first-order valence-corrected chi connectivity index (χ1v) is 5.56. The molecule has 1 N–H and O–H groups in total. The van der Waals surface area contributed by atoms with Crippen LogP contribution in [-0.2, 0) is 4.79 Å². The van der Waals surface area contributed by atoms with Gasteiger partial charge in [0.05, 0.1) is 6.54 Å². The topological polar surface area (TPSA) is 35.6 Å². The third-order valence-electron chi connectivity index (χ3n) is 2.71. The van der Waals surface area contributed by atoms with Crippen molar-refractivity contribution in [2.75, 3.05) is 46.3 Å². The zero-order valence-corrected chi connectivity index (χ0v) is 12.0. The molecule has 0 saturated carbocycles. The van der Waals surface area contributed by atoms with Gasteiger partial charge in [0.2, 0.25) is 5.91 Å². The van der Waals surface area contributed by atoms with Gasteiger partial charge < -0.3 is 10.2 Å². The zero-order chi connectivity index (χ0) is 12.0. The van der Waals surface area contributed by atoms with Gasteiger partial charge in [-0.25, -0.2) is 8.78 Å². The Labute approximate surface area is 119 Å². The van der Waals surface area contributed by atoms with Crippen molar-refractivity contribution in [3.63, 3.8) is 0 Å². The van der Waals surface area contributed by atoms with Gasteiger partial charge in [0.25, 0.3) is 6.43 Å². The van der Waals surface area contributed by atoms with Crippen LogP contribution in [-0.4, -0.2) is 68.4 Å². The summed E-state index contributed by atoms with van der Waals surface area (Å²) in [6.07, 6.45) is -1.81. The van der Waals surface area contributed by atoms with E-state index in [2.05, 4.69) is 5.32 Å². The molecule has 1 saturated heterocycles. The highest BCUT2D eigenvalue weighted by molar-refractivity contribution is 5.85. The van der Waals surface area contributed by atoms with Crippen molar-refractivity contribution in [1.29, 1.82) is 0 Å². The number of hydrogen-bond acceptors (Lipinski definition) is 3. The summed E-state index contributed by atoms with van der Waals surface area (Å²) >= 11 is 0. The van der Waals surface area contributed by atoms with E-state index in [1.54, 1.807) is 16.8 Å². The van der Waals surface area contributed by atoms with Crippen molar-refractivity contribution in [1.82, 2.24) is 15.1 Å². The van der Waals surface area contributed by atoms with E-state index in [1.165, 1.54) is 0 Å². The minimum absolute atomic E-state index is 0. The van der Waals surface area contributed by atoms with Crippen LogP contribution in [0.1, 0.15) is 6.42 Å². The second kappa shape index (κ2) is 10.7. The molecular formula is C10H21Cl2F2N3O. The largest absolute Gasteiger partial charge is 0.340 e. The summed E-state index contributed by atoms with van der Waals surface area (Å²) < 4.78 is 24.2. The smallest absolute Gasteiger partial charge is 0.251 e. The van der Waals surface area contributed by atoms with Gasteiger partial charge in [-0.05, 0) is 7.05 Å². The molecule has 8 heteroatoms. The van der Waals surface area contributed by atoms with Crippen molar-refractivity contribution in [3.8, 4) is 0 Å². The third-order valence-corrected chi connectivity index (χ3v) is 2.71. The molecule has 18 heavy (non-hydrogen) atoms. The number of rotatable bonds is 5. The predicted octanol–water partition coefficient (Wildman–Crippen LogP) is 0.849. The van der Waals surface area contributed by atoms with E-state index in [9.17, 15) is 13.6 Å². The van der Waals surface area contributed by atoms with E-state index in [1.807, 2.05) is 0 Å². The Hall–Kier alpha value is -0.170. The average Bonchev–Trinajstić information content (AvgIpc) is 2.26. The quantitative estimate of drug-likeness (QED) is 0.818. The van der Waals surface area contributed by atoms with Crippen LogP contribution in [0.5, 0.6) is 0 Å². The summed E-state index contributed by atoms with van der Waals surface area (Å²) in [4.78, 5) is 15.1. The fourth-order valence-electron chi connectivity index (χ4n) is 1.77. The summed E-state index contributed by atoms with van der Waals surface area (Å²) in [7, 11) is 1.80. The molecule has 0 atom stereocenters. The Bertz CT molecular complexity index is 227. The van der Waals surface area contributed by atoms with Gasteiger partial charge in [0, 0.05) is 39.1 Å². The Balaban J connectivity index is 0. The highest BCUT2D eigenvalue weighted by Crippen LogP contribution is 2.06. The number of amides is 1. The molecule has 0 radical (unpaired) electrons. The van der Waals surface area contributed by atoms with Gasteiger partial charge >= 0.3 is 0 Å². The first kappa shape index (κ1) is 20.2. The summed E-state index contributed by atoms with van der Waals surface area (Å²) in [5.41, 5.74) is 0. The zero-order valence-electron chi connectivity index (χ0n) is 10.4. The van der Waals surface area contributed by atoms with Crippen molar-refractivity contribution in [2.45, 2.75) is 12.8 Å². The van der Waals surface area contributed by atoms with Gasteiger partial charge in [0.1, 0.15) is 0 Å². The van der Waals surface area contributed by atoms with Gasteiger partial charge in [0.15, 0.2) is 0 Å². The Kier molecular flexibility index (Phi) is 12.0. The van der Waals surface area contributed by atoms with Gasteiger partial charge in [-0.1, -0.05) is 0 Å². The molecule has 0 bridgehead atoms. The minimum Gasteiger partial charge on any atom is -0.340 e. The molecule has 110 valence electrons. The van der Waals surface area contributed by atoms with Crippen molar-refractivity contribution in [2.24, 2.45) is 0 Å². The van der Waals surface area contributed by atoms with Crippen LogP contribution in [0.3, 0.4) is 0 Å². The van der Waals surface area contributed by atoms with Crippen LogP contribution < -0.4 is 5.32 Å². The minimum atomic E-state index is -2.29. The number of nitrogens with one attached hydrogen (secondary N) is 1. The predicted molar refractivity (Wildman–Crippen MR) is 72.1 cm³/mol. The van der Waals surface area contributed by atoms with E-state index >= 15 is 0 Å². The van der Waals surface area contributed by atoms with E-state index in [-0.39, 0.29) is 37.3 Å². The molecule has 0 aliphatic carbocycles. The monoisotopic (exact) mass is 307 g/mol. The lowest BCUT2D eigenvalue weighted by Gasteiger charge is -2.34. The average molecular weight is 308 g/mol. The molecule has 1 heterocycles. The summed E-state index contributed by atoms with van der Waals surface area (Å²) in [5, 5.41) is 2.92. The number of hydrogen-bond donors (Lipinski definition) is 1.